The molecule has 2 fully saturated rings. The van der Waals surface area contributed by atoms with E-state index in [4.69, 9.17) is 5.73 Å². The molecule has 0 spiro atoms. The highest BCUT2D eigenvalue weighted by Crippen LogP contribution is 2.63. The van der Waals surface area contributed by atoms with Gasteiger partial charge in [0.05, 0.1) is 12.7 Å². The molecule has 0 atom stereocenters. The molecule has 0 amide bonds. The highest BCUT2D eigenvalue weighted by Gasteiger charge is 2.64. The van der Waals surface area contributed by atoms with E-state index in [9.17, 15) is 0 Å². The Bertz CT molecular complexity index is 591. The Morgan fingerprint density at radius 1 is 1.11 bits per heavy atom. The molecule has 0 unspecified atom stereocenters. The van der Waals surface area contributed by atoms with Crippen LogP contribution in [0.1, 0.15) is 36.8 Å². The summed E-state index contributed by atoms with van der Waals surface area (Å²) < 4.78 is 2.04. The van der Waals surface area contributed by atoms with Crippen LogP contribution in [0.15, 0.2) is 42.7 Å². The summed E-state index contributed by atoms with van der Waals surface area (Å²) in [6.45, 7) is 0.842. The summed E-state index contributed by atoms with van der Waals surface area (Å²) in [4.78, 5) is 0. The summed E-state index contributed by atoms with van der Waals surface area (Å²) in [6.07, 6.45) is 9.06. The zero-order valence-corrected chi connectivity index (χ0v) is 11.0. The number of aromatic nitrogens is 2. The summed E-state index contributed by atoms with van der Waals surface area (Å²) in [6, 6.07) is 10.5. The lowest BCUT2D eigenvalue weighted by Gasteiger charge is -2.21. The minimum Gasteiger partial charge on any atom is -0.324 e. The molecule has 2 aliphatic carbocycles. The smallest absolute Gasteiger partial charge is 0.0659 e. The van der Waals surface area contributed by atoms with E-state index in [0.29, 0.717) is 0 Å². The van der Waals surface area contributed by atoms with Gasteiger partial charge in [-0.2, -0.15) is 5.10 Å². The molecule has 0 bridgehead atoms. The van der Waals surface area contributed by atoms with Gasteiger partial charge in [-0.25, -0.2) is 0 Å². The molecule has 19 heavy (non-hydrogen) atoms. The predicted octanol–water partition coefficient (Wildman–Crippen LogP) is 2.45. The van der Waals surface area contributed by atoms with Gasteiger partial charge in [0.25, 0.3) is 0 Å². The van der Waals surface area contributed by atoms with Crippen LogP contribution < -0.4 is 5.73 Å². The maximum Gasteiger partial charge on any atom is 0.0659 e. The van der Waals surface area contributed by atoms with Gasteiger partial charge < -0.3 is 5.73 Å². The van der Waals surface area contributed by atoms with Crippen molar-refractivity contribution in [1.82, 2.24) is 9.78 Å². The fraction of sp³-hybridized carbons (Fsp3) is 0.438. The fourth-order valence-electron chi connectivity index (χ4n) is 3.28. The molecule has 1 aromatic heterocycles. The van der Waals surface area contributed by atoms with E-state index < -0.39 is 0 Å². The molecular weight excluding hydrogens is 234 g/mol. The molecule has 4 rings (SSSR count). The van der Waals surface area contributed by atoms with E-state index in [1.54, 1.807) is 0 Å². The molecule has 98 valence electrons. The molecule has 2 saturated carbocycles. The lowest BCUT2D eigenvalue weighted by atomic mass is 9.88. The van der Waals surface area contributed by atoms with Gasteiger partial charge in [0, 0.05) is 17.2 Å². The second kappa shape index (κ2) is 3.70. The summed E-state index contributed by atoms with van der Waals surface area (Å²) >= 11 is 0. The quantitative estimate of drug-likeness (QED) is 0.909. The van der Waals surface area contributed by atoms with E-state index in [0.717, 1.165) is 6.54 Å². The highest BCUT2D eigenvalue weighted by atomic mass is 15.3. The molecule has 2 aromatic rings. The second-order valence-electron chi connectivity index (χ2n) is 6.15. The molecule has 0 saturated heterocycles. The maximum absolute atomic E-state index is 6.44. The van der Waals surface area contributed by atoms with Crippen molar-refractivity contribution in [3.8, 4) is 0 Å². The Hall–Kier alpha value is -1.61. The fourth-order valence-corrected chi connectivity index (χ4v) is 3.28. The lowest BCUT2D eigenvalue weighted by Crippen LogP contribution is -2.37. The van der Waals surface area contributed by atoms with Crippen LogP contribution in [-0.4, -0.2) is 15.3 Å². The van der Waals surface area contributed by atoms with Gasteiger partial charge in [-0.15, -0.1) is 0 Å². The number of hydrogen-bond donors (Lipinski definition) is 1. The van der Waals surface area contributed by atoms with Crippen LogP contribution in [0.5, 0.6) is 0 Å². The average molecular weight is 253 g/mol. The van der Waals surface area contributed by atoms with Gasteiger partial charge in [-0.1, -0.05) is 30.3 Å². The molecule has 1 heterocycles. The van der Waals surface area contributed by atoms with Crippen LogP contribution in [0.25, 0.3) is 0 Å². The Morgan fingerprint density at radius 3 is 2.47 bits per heavy atom. The maximum atomic E-state index is 6.44. The van der Waals surface area contributed by atoms with Crippen LogP contribution in [0.4, 0.5) is 0 Å². The monoisotopic (exact) mass is 253 g/mol. The van der Waals surface area contributed by atoms with Gasteiger partial charge >= 0.3 is 0 Å². The number of rotatable bonds is 4. The van der Waals surface area contributed by atoms with Crippen molar-refractivity contribution in [3.63, 3.8) is 0 Å². The first-order chi connectivity index (χ1) is 9.22. The van der Waals surface area contributed by atoms with E-state index in [-0.39, 0.29) is 11.0 Å². The van der Waals surface area contributed by atoms with Gasteiger partial charge in [-0.05, 0) is 36.8 Å². The molecular formula is C16H19N3. The van der Waals surface area contributed by atoms with Crippen molar-refractivity contribution in [3.05, 3.63) is 53.9 Å². The van der Waals surface area contributed by atoms with Crippen LogP contribution in [0.2, 0.25) is 0 Å². The summed E-state index contributed by atoms with van der Waals surface area (Å²) in [7, 11) is 0. The zero-order chi connectivity index (χ0) is 12.9. The normalized spacial score (nSPS) is 22.2. The van der Waals surface area contributed by atoms with Gasteiger partial charge in [0.1, 0.15) is 0 Å². The van der Waals surface area contributed by atoms with Crippen molar-refractivity contribution >= 4 is 0 Å². The minimum absolute atomic E-state index is 0.0770. The third kappa shape index (κ3) is 1.72. The van der Waals surface area contributed by atoms with Crippen LogP contribution in [0.3, 0.4) is 0 Å². The molecule has 0 radical (unpaired) electrons. The first-order valence-electron chi connectivity index (χ1n) is 7.08. The standard InChI is InChI=1S/C16H19N3/c17-16(8-9-16)15(6-7-15)14-10-18-19(12-14)11-13-4-2-1-3-5-13/h1-5,10,12H,6-9,11,17H2. The largest absolute Gasteiger partial charge is 0.324 e. The zero-order valence-electron chi connectivity index (χ0n) is 11.0. The Kier molecular flexibility index (Phi) is 2.19. The third-order valence-corrected chi connectivity index (χ3v) is 4.86. The second-order valence-corrected chi connectivity index (χ2v) is 6.15. The first-order valence-corrected chi connectivity index (χ1v) is 7.08. The first kappa shape index (κ1) is 11.2. The van der Waals surface area contributed by atoms with Crippen molar-refractivity contribution < 1.29 is 0 Å². The molecule has 1 aromatic carbocycles. The molecule has 2 aliphatic rings. The minimum atomic E-state index is 0.0770. The summed E-state index contributed by atoms with van der Waals surface area (Å²) in [5.41, 5.74) is 9.41. The molecule has 2 N–H and O–H groups in total. The average Bonchev–Trinajstić information content (AvgIpc) is 3.33. The summed E-state index contributed by atoms with van der Waals surface area (Å²) in [5.74, 6) is 0. The summed E-state index contributed by atoms with van der Waals surface area (Å²) in [5, 5.41) is 4.52. The Balaban J connectivity index is 1.58. The van der Waals surface area contributed by atoms with Crippen LogP contribution in [0, 0.1) is 0 Å². The SMILES string of the molecule is NC1(C2(c3cnn(Cc4ccccc4)c3)CC2)CC1. The van der Waals surface area contributed by atoms with Gasteiger partial charge in [0.2, 0.25) is 0 Å². The topological polar surface area (TPSA) is 43.8 Å². The van der Waals surface area contributed by atoms with Crippen molar-refractivity contribution in [2.24, 2.45) is 5.73 Å². The van der Waals surface area contributed by atoms with Gasteiger partial charge in [-0.3, -0.25) is 4.68 Å². The number of nitrogens with two attached hydrogens (primary N) is 1. The predicted molar refractivity (Wildman–Crippen MR) is 74.8 cm³/mol. The van der Waals surface area contributed by atoms with Crippen LogP contribution >= 0.6 is 0 Å². The van der Waals surface area contributed by atoms with Crippen LogP contribution in [-0.2, 0) is 12.0 Å². The van der Waals surface area contributed by atoms with Crippen molar-refractivity contribution in [2.45, 2.75) is 43.2 Å². The van der Waals surface area contributed by atoms with E-state index >= 15 is 0 Å². The third-order valence-electron chi connectivity index (χ3n) is 4.86. The highest BCUT2D eigenvalue weighted by molar-refractivity contribution is 5.38. The lowest BCUT2D eigenvalue weighted by molar-refractivity contribution is 0.502. The van der Waals surface area contributed by atoms with E-state index in [1.165, 1.54) is 36.8 Å². The van der Waals surface area contributed by atoms with Gasteiger partial charge in [0.15, 0.2) is 0 Å². The number of hydrogen-bond acceptors (Lipinski definition) is 2. The number of nitrogens with zero attached hydrogens (tertiary/aromatic N) is 2. The Labute approximate surface area is 113 Å². The molecule has 0 aliphatic heterocycles. The number of benzene rings is 1. The van der Waals surface area contributed by atoms with Crippen molar-refractivity contribution in [1.29, 1.82) is 0 Å². The van der Waals surface area contributed by atoms with Crippen molar-refractivity contribution in [2.75, 3.05) is 0 Å². The molecule has 3 heteroatoms. The van der Waals surface area contributed by atoms with E-state index in [1.807, 2.05) is 16.9 Å². The van der Waals surface area contributed by atoms with E-state index in [2.05, 4.69) is 35.6 Å². The Morgan fingerprint density at radius 2 is 1.84 bits per heavy atom. The molecule has 3 nitrogen and oxygen atoms in total.